The molecule has 0 bridgehead atoms. The Balaban J connectivity index is 2.26. The molecule has 0 aliphatic rings. The van der Waals surface area contributed by atoms with Crippen molar-refractivity contribution in [1.29, 1.82) is 0 Å². The average Bonchev–Trinajstić information content (AvgIpc) is 2.80. The number of nitrogens with one attached hydrogen (secondary N) is 1. The van der Waals surface area contributed by atoms with Crippen molar-refractivity contribution in [1.82, 2.24) is 4.98 Å². The smallest absolute Gasteiger partial charge is 0.341 e. The van der Waals surface area contributed by atoms with E-state index in [4.69, 9.17) is 4.74 Å². The number of halogens is 1. The largest absolute Gasteiger partial charge is 0.462 e. The van der Waals surface area contributed by atoms with E-state index in [1.54, 1.807) is 25.1 Å². The van der Waals surface area contributed by atoms with Crippen molar-refractivity contribution in [3.05, 3.63) is 45.0 Å². The lowest BCUT2D eigenvalue weighted by molar-refractivity contribution is 0.0528. The summed E-state index contributed by atoms with van der Waals surface area (Å²) < 4.78 is 5.58. The van der Waals surface area contributed by atoms with Gasteiger partial charge in [0.2, 0.25) is 0 Å². The van der Waals surface area contributed by atoms with Gasteiger partial charge < -0.3 is 10.1 Å². The van der Waals surface area contributed by atoms with Crippen molar-refractivity contribution in [2.24, 2.45) is 0 Å². The van der Waals surface area contributed by atoms with Crippen LogP contribution in [0.2, 0.25) is 0 Å². The molecule has 110 valence electrons. The molecule has 0 radical (unpaired) electrons. The normalized spacial score (nSPS) is 10.2. The molecule has 0 aliphatic heterocycles. The number of hydrogen-bond acceptors (Lipinski definition) is 5. The number of amides is 1. The van der Waals surface area contributed by atoms with Crippen molar-refractivity contribution >= 4 is 44.1 Å². The van der Waals surface area contributed by atoms with Gasteiger partial charge in [0.25, 0.3) is 5.91 Å². The summed E-state index contributed by atoms with van der Waals surface area (Å²) in [6, 6.07) is 5.15. The quantitative estimate of drug-likeness (QED) is 0.836. The maximum absolute atomic E-state index is 12.2. The third kappa shape index (κ3) is 3.68. The molecule has 2 aromatic rings. The minimum absolute atomic E-state index is 0.262. The van der Waals surface area contributed by atoms with Crippen LogP contribution in [0.25, 0.3) is 0 Å². The standard InChI is InChI=1S/C14H13BrN2O3S/c1-3-20-14(19)9-7-8(2)21-13(9)17-12(18)11-10(15)5-4-6-16-11/h4-7H,3H2,1-2H3,(H,17,18). The van der Waals surface area contributed by atoms with Gasteiger partial charge in [0.1, 0.15) is 10.7 Å². The number of nitrogens with zero attached hydrogens (tertiary/aromatic N) is 1. The van der Waals surface area contributed by atoms with E-state index in [0.717, 1.165) is 4.88 Å². The molecule has 2 rings (SSSR count). The minimum atomic E-state index is -0.447. The van der Waals surface area contributed by atoms with Crippen LogP contribution in [-0.2, 0) is 4.74 Å². The first kappa shape index (κ1) is 15.7. The fourth-order valence-corrected chi connectivity index (χ4v) is 3.01. The molecule has 21 heavy (non-hydrogen) atoms. The second kappa shape index (κ2) is 6.82. The minimum Gasteiger partial charge on any atom is -0.462 e. The van der Waals surface area contributed by atoms with Gasteiger partial charge in [-0.1, -0.05) is 0 Å². The number of esters is 1. The highest BCUT2D eigenvalue weighted by Gasteiger charge is 2.19. The van der Waals surface area contributed by atoms with Crippen LogP contribution in [0.15, 0.2) is 28.9 Å². The third-order valence-corrected chi connectivity index (χ3v) is 4.16. The molecule has 0 unspecified atom stereocenters. The maximum atomic E-state index is 12.2. The number of aromatic nitrogens is 1. The van der Waals surface area contributed by atoms with Crippen LogP contribution in [0.1, 0.15) is 32.6 Å². The molecule has 2 heterocycles. The lowest BCUT2D eigenvalue weighted by Gasteiger charge is -2.06. The number of pyridine rings is 1. The highest BCUT2D eigenvalue weighted by molar-refractivity contribution is 9.10. The first-order valence-corrected chi connectivity index (χ1v) is 7.83. The highest BCUT2D eigenvalue weighted by atomic mass is 79.9. The Labute approximate surface area is 134 Å². The zero-order chi connectivity index (χ0) is 15.4. The summed E-state index contributed by atoms with van der Waals surface area (Å²) in [5.74, 6) is -0.827. The molecule has 2 aromatic heterocycles. The first-order chi connectivity index (χ1) is 10.0. The van der Waals surface area contributed by atoms with E-state index in [-0.39, 0.29) is 18.2 Å². The van der Waals surface area contributed by atoms with Crippen molar-refractivity contribution in [3.63, 3.8) is 0 Å². The van der Waals surface area contributed by atoms with Gasteiger partial charge in [-0.3, -0.25) is 4.79 Å². The summed E-state index contributed by atoms with van der Waals surface area (Å²) in [4.78, 5) is 29.0. The summed E-state index contributed by atoms with van der Waals surface area (Å²) in [5.41, 5.74) is 0.623. The molecule has 7 heteroatoms. The number of aryl methyl sites for hydroxylation is 1. The van der Waals surface area contributed by atoms with Gasteiger partial charge in [-0.25, -0.2) is 9.78 Å². The Bertz CT molecular complexity index is 685. The summed E-state index contributed by atoms with van der Waals surface area (Å²) in [5, 5.41) is 3.18. The molecule has 0 atom stereocenters. The molecule has 1 N–H and O–H groups in total. The molecule has 0 saturated carbocycles. The number of rotatable bonds is 4. The van der Waals surface area contributed by atoms with Gasteiger partial charge in [-0.15, -0.1) is 11.3 Å². The number of anilines is 1. The van der Waals surface area contributed by atoms with Crippen LogP contribution in [0.4, 0.5) is 5.00 Å². The monoisotopic (exact) mass is 368 g/mol. The van der Waals surface area contributed by atoms with E-state index >= 15 is 0 Å². The Kier molecular flexibility index (Phi) is 5.08. The number of carbonyl (C=O) groups is 2. The van der Waals surface area contributed by atoms with E-state index < -0.39 is 5.97 Å². The second-order valence-corrected chi connectivity index (χ2v) is 6.22. The highest BCUT2D eigenvalue weighted by Crippen LogP contribution is 2.29. The molecular formula is C14H13BrN2O3S. The number of carbonyl (C=O) groups excluding carboxylic acids is 2. The van der Waals surface area contributed by atoms with Crippen LogP contribution >= 0.6 is 27.3 Å². The molecule has 0 spiro atoms. The van der Waals surface area contributed by atoms with Gasteiger partial charge in [0.05, 0.1) is 12.2 Å². The Morgan fingerprint density at radius 2 is 2.24 bits per heavy atom. The summed E-state index contributed by atoms with van der Waals surface area (Å²) in [6.07, 6.45) is 1.53. The van der Waals surface area contributed by atoms with Crippen LogP contribution < -0.4 is 5.32 Å². The van der Waals surface area contributed by atoms with Gasteiger partial charge in [0, 0.05) is 15.5 Å². The van der Waals surface area contributed by atoms with E-state index in [1.807, 2.05) is 6.92 Å². The lowest BCUT2D eigenvalue weighted by atomic mass is 10.3. The van der Waals surface area contributed by atoms with Crippen molar-refractivity contribution in [3.8, 4) is 0 Å². The molecular weight excluding hydrogens is 356 g/mol. The lowest BCUT2D eigenvalue weighted by Crippen LogP contribution is -2.16. The maximum Gasteiger partial charge on any atom is 0.341 e. The predicted octanol–water partition coefficient (Wildman–Crippen LogP) is 3.64. The molecule has 1 amide bonds. The van der Waals surface area contributed by atoms with Crippen LogP contribution in [-0.4, -0.2) is 23.5 Å². The first-order valence-electron chi connectivity index (χ1n) is 6.22. The average molecular weight is 369 g/mol. The van der Waals surface area contributed by atoms with E-state index in [0.29, 0.717) is 15.0 Å². The fourth-order valence-electron chi connectivity index (χ4n) is 1.68. The van der Waals surface area contributed by atoms with E-state index in [9.17, 15) is 9.59 Å². The third-order valence-electron chi connectivity index (χ3n) is 2.55. The van der Waals surface area contributed by atoms with Crippen molar-refractivity contribution in [2.45, 2.75) is 13.8 Å². The summed E-state index contributed by atoms with van der Waals surface area (Å²) in [7, 11) is 0. The van der Waals surface area contributed by atoms with Crippen LogP contribution in [0, 0.1) is 6.92 Å². The van der Waals surface area contributed by atoms with Crippen LogP contribution in [0.5, 0.6) is 0 Å². The number of thiophene rings is 1. The van der Waals surface area contributed by atoms with Gasteiger partial charge in [0.15, 0.2) is 0 Å². The second-order valence-electron chi connectivity index (χ2n) is 4.11. The van der Waals surface area contributed by atoms with Crippen molar-refractivity contribution < 1.29 is 14.3 Å². The van der Waals surface area contributed by atoms with Crippen LogP contribution in [0.3, 0.4) is 0 Å². The zero-order valence-electron chi connectivity index (χ0n) is 11.5. The number of hydrogen-bond donors (Lipinski definition) is 1. The van der Waals surface area contributed by atoms with Gasteiger partial charge in [-0.05, 0) is 48.0 Å². The Morgan fingerprint density at radius 3 is 2.90 bits per heavy atom. The molecule has 0 saturated heterocycles. The van der Waals surface area contributed by atoms with Crippen molar-refractivity contribution in [2.75, 3.05) is 11.9 Å². The zero-order valence-corrected chi connectivity index (χ0v) is 13.9. The van der Waals surface area contributed by atoms with E-state index in [1.165, 1.54) is 17.5 Å². The summed E-state index contributed by atoms with van der Waals surface area (Å²) >= 11 is 4.60. The molecule has 0 aliphatic carbocycles. The Morgan fingerprint density at radius 1 is 1.48 bits per heavy atom. The summed E-state index contributed by atoms with van der Waals surface area (Å²) in [6.45, 7) is 3.88. The topological polar surface area (TPSA) is 68.3 Å². The van der Waals surface area contributed by atoms with Gasteiger partial charge >= 0.3 is 5.97 Å². The fraction of sp³-hybridized carbons (Fsp3) is 0.214. The predicted molar refractivity (Wildman–Crippen MR) is 84.9 cm³/mol. The van der Waals surface area contributed by atoms with E-state index in [2.05, 4.69) is 26.2 Å². The Hall–Kier alpha value is -1.73. The SMILES string of the molecule is CCOC(=O)c1cc(C)sc1NC(=O)c1ncccc1Br. The molecule has 5 nitrogen and oxygen atoms in total. The molecule has 0 fully saturated rings. The molecule has 0 aromatic carbocycles. The number of ether oxygens (including phenoxy) is 1. The van der Waals surface area contributed by atoms with Gasteiger partial charge in [-0.2, -0.15) is 0 Å².